The zero-order chi connectivity index (χ0) is 13.5. The monoisotopic (exact) mass is 256 g/mol. The Labute approximate surface area is 111 Å². The number of likely N-dealkylation sites (tertiary alicyclic amines) is 1. The lowest BCUT2D eigenvalue weighted by molar-refractivity contribution is -0.139. The van der Waals surface area contributed by atoms with Crippen molar-refractivity contribution in [2.24, 2.45) is 11.8 Å². The summed E-state index contributed by atoms with van der Waals surface area (Å²) in [5.74, 6) is 0.903. The standard InChI is InChI=1S/C14H28N2O2/c1-4-15-13(14(17)18)7-10-16-8-5-12(6-9-16)11(2)3/h11-13,15H,4-10H2,1-3H3,(H,17,18). The van der Waals surface area contributed by atoms with Crippen LogP contribution < -0.4 is 5.32 Å². The van der Waals surface area contributed by atoms with Gasteiger partial charge in [-0.25, -0.2) is 0 Å². The van der Waals surface area contributed by atoms with Crippen molar-refractivity contribution in [3.63, 3.8) is 0 Å². The maximum atomic E-state index is 11.0. The largest absolute Gasteiger partial charge is 0.480 e. The fourth-order valence-electron chi connectivity index (χ4n) is 2.71. The Morgan fingerprint density at radius 3 is 2.44 bits per heavy atom. The zero-order valence-corrected chi connectivity index (χ0v) is 12.0. The van der Waals surface area contributed by atoms with Crippen LogP contribution in [0.5, 0.6) is 0 Å². The molecule has 0 spiro atoms. The average molecular weight is 256 g/mol. The van der Waals surface area contributed by atoms with Gasteiger partial charge in [0.05, 0.1) is 0 Å². The zero-order valence-electron chi connectivity index (χ0n) is 12.0. The summed E-state index contributed by atoms with van der Waals surface area (Å²) in [4.78, 5) is 13.4. The number of hydrogen-bond acceptors (Lipinski definition) is 3. The number of carbonyl (C=O) groups is 1. The van der Waals surface area contributed by atoms with Gasteiger partial charge >= 0.3 is 5.97 Å². The Morgan fingerprint density at radius 2 is 2.00 bits per heavy atom. The van der Waals surface area contributed by atoms with Crippen molar-refractivity contribution in [2.45, 2.75) is 46.1 Å². The highest BCUT2D eigenvalue weighted by Gasteiger charge is 2.23. The van der Waals surface area contributed by atoms with Crippen molar-refractivity contribution in [2.75, 3.05) is 26.2 Å². The minimum atomic E-state index is -0.728. The average Bonchev–Trinajstić information content (AvgIpc) is 2.34. The molecule has 0 saturated carbocycles. The van der Waals surface area contributed by atoms with Gasteiger partial charge in [-0.3, -0.25) is 4.79 Å². The SMILES string of the molecule is CCNC(CCN1CCC(C(C)C)CC1)C(=O)O. The van der Waals surface area contributed by atoms with Gasteiger partial charge in [-0.05, 0) is 50.7 Å². The molecule has 0 aromatic rings. The highest BCUT2D eigenvalue weighted by atomic mass is 16.4. The first-order valence-electron chi connectivity index (χ1n) is 7.23. The Bertz CT molecular complexity index is 248. The minimum absolute atomic E-state index is 0.391. The van der Waals surface area contributed by atoms with Crippen LogP contribution in [0.3, 0.4) is 0 Å². The number of rotatable bonds is 7. The van der Waals surface area contributed by atoms with Gasteiger partial charge in [0, 0.05) is 6.54 Å². The first kappa shape index (κ1) is 15.4. The molecule has 0 aromatic heterocycles. The van der Waals surface area contributed by atoms with Crippen LogP contribution in [-0.2, 0) is 4.79 Å². The summed E-state index contributed by atoms with van der Waals surface area (Å²) < 4.78 is 0. The normalized spacial score (nSPS) is 20.2. The lowest BCUT2D eigenvalue weighted by atomic mass is 9.86. The summed E-state index contributed by atoms with van der Waals surface area (Å²) in [6, 6.07) is -0.391. The molecule has 1 aliphatic rings. The molecule has 0 amide bonds. The highest BCUT2D eigenvalue weighted by Crippen LogP contribution is 2.24. The van der Waals surface area contributed by atoms with E-state index in [1.807, 2.05) is 6.92 Å². The molecule has 1 saturated heterocycles. The maximum absolute atomic E-state index is 11.0. The molecule has 18 heavy (non-hydrogen) atoms. The quantitative estimate of drug-likeness (QED) is 0.729. The second-order valence-corrected chi connectivity index (χ2v) is 5.66. The third kappa shape index (κ3) is 4.94. The molecule has 1 unspecified atom stereocenters. The summed E-state index contributed by atoms with van der Waals surface area (Å²) in [6.45, 7) is 10.4. The van der Waals surface area contributed by atoms with Gasteiger partial charge in [-0.15, -0.1) is 0 Å². The van der Waals surface area contributed by atoms with Crippen LogP contribution in [0.4, 0.5) is 0 Å². The molecule has 4 heteroatoms. The number of hydrogen-bond donors (Lipinski definition) is 2. The van der Waals surface area contributed by atoms with Crippen LogP contribution in [-0.4, -0.2) is 48.2 Å². The molecule has 0 aliphatic carbocycles. The Kier molecular flexibility index (Phi) is 6.65. The van der Waals surface area contributed by atoms with E-state index in [2.05, 4.69) is 24.1 Å². The second-order valence-electron chi connectivity index (χ2n) is 5.66. The summed E-state index contributed by atoms with van der Waals surface area (Å²) in [5, 5.41) is 12.1. The van der Waals surface area contributed by atoms with E-state index in [0.29, 0.717) is 13.0 Å². The third-order valence-electron chi connectivity index (χ3n) is 4.06. The van der Waals surface area contributed by atoms with Gasteiger partial charge in [-0.2, -0.15) is 0 Å². The fourth-order valence-corrected chi connectivity index (χ4v) is 2.71. The number of carboxylic acids is 1. The first-order valence-corrected chi connectivity index (χ1v) is 7.23. The lowest BCUT2D eigenvalue weighted by Crippen LogP contribution is -2.42. The van der Waals surface area contributed by atoms with Crippen molar-refractivity contribution in [1.82, 2.24) is 10.2 Å². The number of carboxylic acid groups (broad SMARTS) is 1. The van der Waals surface area contributed by atoms with Gasteiger partial charge in [-0.1, -0.05) is 20.8 Å². The maximum Gasteiger partial charge on any atom is 0.320 e. The minimum Gasteiger partial charge on any atom is -0.480 e. The van der Waals surface area contributed by atoms with E-state index in [4.69, 9.17) is 5.11 Å². The van der Waals surface area contributed by atoms with Crippen molar-refractivity contribution in [3.8, 4) is 0 Å². The van der Waals surface area contributed by atoms with E-state index in [9.17, 15) is 4.79 Å². The van der Waals surface area contributed by atoms with E-state index < -0.39 is 12.0 Å². The van der Waals surface area contributed by atoms with Gasteiger partial charge in [0.25, 0.3) is 0 Å². The molecule has 1 atom stereocenters. The molecule has 2 N–H and O–H groups in total. The fraction of sp³-hybridized carbons (Fsp3) is 0.929. The Morgan fingerprint density at radius 1 is 1.39 bits per heavy atom. The van der Waals surface area contributed by atoms with E-state index in [-0.39, 0.29) is 0 Å². The van der Waals surface area contributed by atoms with E-state index in [1.54, 1.807) is 0 Å². The van der Waals surface area contributed by atoms with Gasteiger partial charge in [0.1, 0.15) is 6.04 Å². The van der Waals surface area contributed by atoms with Crippen LogP contribution in [0, 0.1) is 11.8 Å². The van der Waals surface area contributed by atoms with Crippen molar-refractivity contribution < 1.29 is 9.90 Å². The van der Waals surface area contributed by atoms with E-state index >= 15 is 0 Å². The molecule has 1 rings (SSSR count). The van der Waals surface area contributed by atoms with Crippen LogP contribution in [0.25, 0.3) is 0 Å². The molecule has 0 radical (unpaired) electrons. The molecular formula is C14H28N2O2. The number of piperidine rings is 1. The molecule has 0 aromatic carbocycles. The number of nitrogens with zero attached hydrogens (tertiary/aromatic N) is 1. The lowest BCUT2D eigenvalue weighted by Gasteiger charge is -2.34. The molecule has 4 nitrogen and oxygen atoms in total. The highest BCUT2D eigenvalue weighted by molar-refractivity contribution is 5.73. The molecule has 1 heterocycles. The van der Waals surface area contributed by atoms with E-state index in [1.165, 1.54) is 12.8 Å². The Balaban J connectivity index is 2.26. The summed E-state index contributed by atoms with van der Waals surface area (Å²) in [6.07, 6.45) is 3.22. The van der Waals surface area contributed by atoms with Crippen LogP contribution in [0.15, 0.2) is 0 Å². The van der Waals surface area contributed by atoms with E-state index in [0.717, 1.165) is 31.5 Å². The summed E-state index contributed by atoms with van der Waals surface area (Å²) in [5.41, 5.74) is 0. The van der Waals surface area contributed by atoms with Crippen molar-refractivity contribution in [1.29, 1.82) is 0 Å². The van der Waals surface area contributed by atoms with Crippen LogP contribution >= 0.6 is 0 Å². The first-order chi connectivity index (χ1) is 8.54. The Hall–Kier alpha value is -0.610. The molecule has 0 bridgehead atoms. The number of nitrogens with one attached hydrogen (secondary N) is 1. The van der Waals surface area contributed by atoms with Crippen molar-refractivity contribution >= 4 is 5.97 Å². The molecule has 1 fully saturated rings. The topological polar surface area (TPSA) is 52.6 Å². The van der Waals surface area contributed by atoms with Gasteiger partial charge < -0.3 is 15.3 Å². The molecular weight excluding hydrogens is 228 g/mol. The molecule has 1 aliphatic heterocycles. The number of likely N-dealkylation sites (N-methyl/N-ethyl adjacent to an activating group) is 1. The van der Waals surface area contributed by atoms with Crippen molar-refractivity contribution in [3.05, 3.63) is 0 Å². The third-order valence-corrected chi connectivity index (χ3v) is 4.06. The predicted molar refractivity (Wildman–Crippen MR) is 73.7 cm³/mol. The van der Waals surface area contributed by atoms with Crippen LogP contribution in [0.1, 0.15) is 40.0 Å². The smallest absolute Gasteiger partial charge is 0.320 e. The number of aliphatic carboxylic acids is 1. The molecule has 106 valence electrons. The van der Waals surface area contributed by atoms with Gasteiger partial charge in [0.15, 0.2) is 0 Å². The second kappa shape index (κ2) is 7.74. The summed E-state index contributed by atoms with van der Waals surface area (Å²) >= 11 is 0. The predicted octanol–water partition coefficient (Wildman–Crippen LogP) is 1.81. The van der Waals surface area contributed by atoms with Crippen LogP contribution in [0.2, 0.25) is 0 Å². The van der Waals surface area contributed by atoms with Gasteiger partial charge in [0.2, 0.25) is 0 Å². The summed E-state index contributed by atoms with van der Waals surface area (Å²) in [7, 11) is 0.